The van der Waals surface area contributed by atoms with Gasteiger partial charge in [-0.2, -0.15) is 0 Å². The fraction of sp³-hybridized carbons (Fsp3) is 0.650. The van der Waals surface area contributed by atoms with E-state index in [4.69, 9.17) is 23.7 Å². The van der Waals surface area contributed by atoms with Crippen molar-refractivity contribution in [2.45, 2.75) is 31.9 Å². The van der Waals surface area contributed by atoms with Crippen molar-refractivity contribution in [3.8, 4) is 17.2 Å². The van der Waals surface area contributed by atoms with Gasteiger partial charge >= 0.3 is 0 Å². The number of aliphatic imine (C=N–C) groups is 1. The Kier molecular flexibility index (Phi) is 12.8. The lowest BCUT2D eigenvalue weighted by molar-refractivity contribution is 0.0168. The molecule has 8 nitrogen and oxygen atoms in total. The Morgan fingerprint density at radius 1 is 1.14 bits per heavy atom. The van der Waals surface area contributed by atoms with Crippen molar-refractivity contribution in [3.05, 3.63) is 17.7 Å². The van der Waals surface area contributed by atoms with Crippen molar-refractivity contribution in [1.29, 1.82) is 0 Å². The molecule has 1 aromatic carbocycles. The molecule has 1 atom stereocenters. The molecule has 1 unspecified atom stereocenters. The first-order chi connectivity index (χ1) is 13.7. The SMILES string of the molecule is CN=C(NCCCOCC1CCCO1)NCc1cc(OC)c(OC)c(OC)c1.I. The molecule has 0 aliphatic carbocycles. The van der Waals surface area contributed by atoms with Crippen LogP contribution in [0.15, 0.2) is 17.1 Å². The summed E-state index contributed by atoms with van der Waals surface area (Å²) >= 11 is 0. The van der Waals surface area contributed by atoms with E-state index in [2.05, 4.69) is 15.6 Å². The van der Waals surface area contributed by atoms with Gasteiger partial charge in [-0.1, -0.05) is 0 Å². The molecule has 2 rings (SSSR count). The summed E-state index contributed by atoms with van der Waals surface area (Å²) in [7, 11) is 6.55. The molecule has 1 aromatic rings. The lowest BCUT2D eigenvalue weighted by Crippen LogP contribution is -2.37. The van der Waals surface area contributed by atoms with E-state index in [1.165, 1.54) is 0 Å². The predicted molar refractivity (Wildman–Crippen MR) is 124 cm³/mol. The fourth-order valence-electron chi connectivity index (χ4n) is 3.02. The van der Waals surface area contributed by atoms with Crippen LogP contribution in [0.1, 0.15) is 24.8 Å². The van der Waals surface area contributed by atoms with E-state index < -0.39 is 0 Å². The normalized spacial score (nSPS) is 16.1. The second-order valence-corrected chi connectivity index (χ2v) is 6.45. The minimum absolute atomic E-state index is 0. The number of benzene rings is 1. The Labute approximate surface area is 190 Å². The van der Waals surface area contributed by atoms with Crippen molar-refractivity contribution in [1.82, 2.24) is 10.6 Å². The van der Waals surface area contributed by atoms with Crippen LogP contribution in [0.2, 0.25) is 0 Å². The first-order valence-corrected chi connectivity index (χ1v) is 9.64. The molecule has 0 saturated carbocycles. The second-order valence-electron chi connectivity index (χ2n) is 6.45. The fourth-order valence-corrected chi connectivity index (χ4v) is 3.02. The first-order valence-electron chi connectivity index (χ1n) is 9.64. The zero-order chi connectivity index (χ0) is 20.2. The number of nitrogens with zero attached hydrogens (tertiary/aromatic N) is 1. The number of halogens is 1. The quantitative estimate of drug-likeness (QED) is 0.200. The molecule has 1 fully saturated rings. The average Bonchev–Trinajstić information content (AvgIpc) is 3.25. The molecule has 0 bridgehead atoms. The third-order valence-corrected chi connectivity index (χ3v) is 4.49. The van der Waals surface area contributed by atoms with E-state index in [0.29, 0.717) is 37.0 Å². The van der Waals surface area contributed by atoms with E-state index in [-0.39, 0.29) is 30.1 Å². The molecule has 1 heterocycles. The Hall–Kier alpha value is -1.46. The third kappa shape index (κ3) is 8.43. The van der Waals surface area contributed by atoms with Gasteiger partial charge < -0.3 is 34.3 Å². The van der Waals surface area contributed by atoms with Crippen LogP contribution >= 0.6 is 24.0 Å². The minimum Gasteiger partial charge on any atom is -0.493 e. The average molecular weight is 523 g/mol. The van der Waals surface area contributed by atoms with E-state index in [0.717, 1.165) is 43.9 Å². The van der Waals surface area contributed by atoms with Crippen LogP contribution in [0.25, 0.3) is 0 Å². The summed E-state index contributed by atoms with van der Waals surface area (Å²) in [5.74, 6) is 2.57. The summed E-state index contributed by atoms with van der Waals surface area (Å²) in [6, 6.07) is 3.83. The highest BCUT2D eigenvalue weighted by Crippen LogP contribution is 2.38. The van der Waals surface area contributed by atoms with Crippen molar-refractivity contribution in [3.63, 3.8) is 0 Å². The predicted octanol–water partition coefficient (Wildman–Crippen LogP) is 2.58. The molecule has 2 N–H and O–H groups in total. The van der Waals surface area contributed by atoms with Gasteiger partial charge in [0.1, 0.15) is 0 Å². The Bertz CT molecular complexity index is 599. The number of ether oxygens (including phenoxy) is 5. The molecule has 0 spiro atoms. The molecule has 1 aliphatic rings. The Morgan fingerprint density at radius 3 is 2.41 bits per heavy atom. The van der Waals surface area contributed by atoms with E-state index in [9.17, 15) is 0 Å². The van der Waals surface area contributed by atoms with E-state index in [1.807, 2.05) is 12.1 Å². The van der Waals surface area contributed by atoms with Crippen LogP contribution in [0.3, 0.4) is 0 Å². The number of nitrogens with one attached hydrogen (secondary N) is 2. The Balaban J connectivity index is 0.00000420. The third-order valence-electron chi connectivity index (χ3n) is 4.49. The van der Waals surface area contributed by atoms with Gasteiger partial charge in [0, 0.05) is 33.4 Å². The summed E-state index contributed by atoms with van der Waals surface area (Å²) in [6.45, 7) is 3.61. The molecular formula is C20H34IN3O5. The minimum atomic E-state index is 0. The summed E-state index contributed by atoms with van der Waals surface area (Å²) in [5.41, 5.74) is 0.998. The molecule has 29 heavy (non-hydrogen) atoms. The summed E-state index contributed by atoms with van der Waals surface area (Å²) in [6.07, 6.45) is 3.43. The van der Waals surface area contributed by atoms with Gasteiger partial charge in [0.05, 0.1) is 34.0 Å². The van der Waals surface area contributed by atoms with Gasteiger partial charge in [0.15, 0.2) is 17.5 Å². The maximum atomic E-state index is 5.67. The van der Waals surface area contributed by atoms with Crippen LogP contribution < -0.4 is 24.8 Å². The number of methoxy groups -OCH3 is 3. The highest BCUT2D eigenvalue weighted by Gasteiger charge is 2.15. The van der Waals surface area contributed by atoms with Crippen molar-refractivity contribution >= 4 is 29.9 Å². The summed E-state index contributed by atoms with van der Waals surface area (Å²) in [4.78, 5) is 4.25. The van der Waals surface area contributed by atoms with Gasteiger partial charge in [-0.25, -0.2) is 0 Å². The van der Waals surface area contributed by atoms with E-state index in [1.54, 1.807) is 28.4 Å². The van der Waals surface area contributed by atoms with Gasteiger partial charge in [0.2, 0.25) is 5.75 Å². The topological polar surface area (TPSA) is 82.6 Å². The maximum Gasteiger partial charge on any atom is 0.203 e. The van der Waals surface area contributed by atoms with Crippen LogP contribution in [0.4, 0.5) is 0 Å². The van der Waals surface area contributed by atoms with Crippen LogP contribution in [-0.2, 0) is 16.0 Å². The monoisotopic (exact) mass is 523 g/mol. The van der Waals surface area contributed by atoms with Crippen molar-refractivity contribution in [2.24, 2.45) is 4.99 Å². The van der Waals surface area contributed by atoms with Crippen LogP contribution in [-0.4, -0.2) is 66.8 Å². The molecular weight excluding hydrogens is 489 g/mol. The molecule has 166 valence electrons. The molecule has 0 radical (unpaired) electrons. The highest BCUT2D eigenvalue weighted by atomic mass is 127. The van der Waals surface area contributed by atoms with Gasteiger partial charge in [-0.05, 0) is 37.0 Å². The van der Waals surface area contributed by atoms with Gasteiger partial charge in [-0.3, -0.25) is 4.99 Å². The molecule has 1 aliphatic heterocycles. The number of hydrogen-bond acceptors (Lipinski definition) is 6. The molecule has 0 amide bonds. The highest BCUT2D eigenvalue weighted by molar-refractivity contribution is 14.0. The second kappa shape index (κ2) is 14.5. The van der Waals surface area contributed by atoms with Gasteiger partial charge in [-0.15, -0.1) is 24.0 Å². The summed E-state index contributed by atoms with van der Waals surface area (Å²) < 4.78 is 27.3. The number of rotatable bonds is 11. The zero-order valence-electron chi connectivity index (χ0n) is 17.8. The van der Waals surface area contributed by atoms with Crippen molar-refractivity contribution in [2.75, 3.05) is 54.7 Å². The first kappa shape index (κ1) is 25.6. The number of hydrogen-bond donors (Lipinski definition) is 2. The van der Waals surface area contributed by atoms with Crippen LogP contribution in [0, 0.1) is 0 Å². The smallest absolute Gasteiger partial charge is 0.203 e. The number of guanidine groups is 1. The largest absolute Gasteiger partial charge is 0.493 e. The van der Waals surface area contributed by atoms with Gasteiger partial charge in [0.25, 0.3) is 0 Å². The Morgan fingerprint density at radius 2 is 1.86 bits per heavy atom. The molecule has 1 saturated heterocycles. The molecule has 0 aromatic heterocycles. The van der Waals surface area contributed by atoms with Crippen molar-refractivity contribution < 1.29 is 23.7 Å². The van der Waals surface area contributed by atoms with Crippen LogP contribution in [0.5, 0.6) is 17.2 Å². The lowest BCUT2D eigenvalue weighted by Gasteiger charge is -2.16. The zero-order valence-corrected chi connectivity index (χ0v) is 20.1. The summed E-state index contributed by atoms with van der Waals surface area (Å²) in [5, 5.41) is 6.58. The van der Waals surface area contributed by atoms with E-state index >= 15 is 0 Å². The lowest BCUT2D eigenvalue weighted by atomic mass is 10.2. The standard InChI is InChI=1S/C20H33N3O5.HI/c1-21-20(22-8-6-9-27-14-16-7-5-10-28-16)23-13-15-11-17(24-2)19(26-4)18(12-15)25-3;/h11-12,16H,5-10,13-14H2,1-4H3,(H2,21,22,23);1H. The maximum absolute atomic E-state index is 5.67. The molecule has 9 heteroatoms.